The van der Waals surface area contributed by atoms with E-state index in [-0.39, 0.29) is 0 Å². The topological polar surface area (TPSA) is 56.7 Å². The molecule has 0 atom stereocenters. The van der Waals surface area contributed by atoms with Crippen LogP contribution in [-0.4, -0.2) is 20.3 Å². The summed E-state index contributed by atoms with van der Waals surface area (Å²) < 4.78 is 28.6. The van der Waals surface area contributed by atoms with Gasteiger partial charge in [-0.1, -0.05) is 6.42 Å². The van der Waals surface area contributed by atoms with Gasteiger partial charge in [0.1, 0.15) is 17.2 Å². The van der Waals surface area contributed by atoms with Gasteiger partial charge in [-0.2, -0.15) is 0 Å². The number of rotatable bonds is 7. The van der Waals surface area contributed by atoms with E-state index in [1.165, 1.54) is 23.9 Å². The molecule has 0 aliphatic carbocycles. The van der Waals surface area contributed by atoms with Crippen LogP contribution in [-0.2, 0) is 6.54 Å². The van der Waals surface area contributed by atoms with Gasteiger partial charge in [0, 0.05) is 23.2 Å². The average molecular weight is 376 g/mol. The van der Waals surface area contributed by atoms with Gasteiger partial charge in [0.25, 0.3) is 0 Å². The van der Waals surface area contributed by atoms with Crippen LogP contribution in [0.3, 0.4) is 0 Å². The molecule has 7 heteroatoms. The van der Waals surface area contributed by atoms with Crippen LogP contribution in [0, 0.1) is 25.5 Å². The van der Waals surface area contributed by atoms with Crippen molar-refractivity contribution in [2.24, 2.45) is 0 Å². The van der Waals surface area contributed by atoms with Crippen molar-refractivity contribution in [3.05, 3.63) is 47.4 Å². The molecule has 0 bridgehead atoms. The minimum atomic E-state index is -0.541. The number of benzene rings is 1. The SMILES string of the molecule is Cc1nc(N)c2ncn(CCCCCSc3ccc(F)cc3F)c2c1C. The number of hydrogen-bond acceptors (Lipinski definition) is 4. The summed E-state index contributed by atoms with van der Waals surface area (Å²) in [6.07, 6.45) is 4.81. The molecule has 0 saturated heterocycles. The van der Waals surface area contributed by atoms with E-state index in [4.69, 9.17) is 5.73 Å². The first-order chi connectivity index (χ1) is 12.5. The van der Waals surface area contributed by atoms with Gasteiger partial charge >= 0.3 is 0 Å². The van der Waals surface area contributed by atoms with Crippen LogP contribution < -0.4 is 5.73 Å². The van der Waals surface area contributed by atoms with Crippen LogP contribution in [0.25, 0.3) is 11.0 Å². The van der Waals surface area contributed by atoms with E-state index in [9.17, 15) is 8.78 Å². The van der Waals surface area contributed by atoms with Crippen LogP contribution in [0.15, 0.2) is 29.4 Å². The zero-order chi connectivity index (χ0) is 18.7. The van der Waals surface area contributed by atoms with E-state index in [0.717, 1.165) is 59.9 Å². The Balaban J connectivity index is 1.51. The summed E-state index contributed by atoms with van der Waals surface area (Å²) in [4.78, 5) is 9.21. The minimum absolute atomic E-state index is 0.472. The Hall–Kier alpha value is -2.15. The van der Waals surface area contributed by atoms with Crippen molar-refractivity contribution in [2.45, 2.75) is 44.6 Å². The summed E-state index contributed by atoms with van der Waals surface area (Å²) in [6, 6.07) is 3.72. The lowest BCUT2D eigenvalue weighted by Crippen LogP contribution is -2.02. The number of nitrogens with two attached hydrogens (primary N) is 1. The van der Waals surface area contributed by atoms with E-state index in [1.807, 2.05) is 20.2 Å². The fourth-order valence-corrected chi connectivity index (χ4v) is 3.89. The van der Waals surface area contributed by atoms with E-state index in [0.29, 0.717) is 10.7 Å². The van der Waals surface area contributed by atoms with Gasteiger partial charge in [0.05, 0.1) is 11.8 Å². The average Bonchev–Trinajstić information content (AvgIpc) is 3.02. The highest BCUT2D eigenvalue weighted by Crippen LogP contribution is 2.25. The monoisotopic (exact) mass is 376 g/mol. The van der Waals surface area contributed by atoms with Crippen molar-refractivity contribution in [3.8, 4) is 0 Å². The fraction of sp³-hybridized carbons (Fsp3) is 0.368. The standard InChI is InChI=1S/C19H22F2N4S/c1-12-13(2)24-19(22)17-18(12)25(11-23-17)8-4-3-5-9-26-16-7-6-14(20)10-15(16)21/h6-7,10-11H,3-5,8-9H2,1-2H3,(H2,22,24). The second-order valence-electron chi connectivity index (χ2n) is 6.33. The van der Waals surface area contributed by atoms with Crippen LogP contribution >= 0.6 is 11.8 Å². The molecule has 0 aliphatic rings. The second-order valence-corrected chi connectivity index (χ2v) is 7.46. The molecule has 2 heterocycles. The number of fused-ring (bicyclic) bond motifs is 1. The molecule has 0 unspecified atom stereocenters. The van der Waals surface area contributed by atoms with E-state index in [2.05, 4.69) is 14.5 Å². The maximum absolute atomic E-state index is 13.6. The summed E-state index contributed by atoms with van der Waals surface area (Å²) in [5.74, 6) is 0.250. The molecule has 0 aliphatic heterocycles. The smallest absolute Gasteiger partial charge is 0.151 e. The van der Waals surface area contributed by atoms with Gasteiger partial charge in [0.2, 0.25) is 0 Å². The largest absolute Gasteiger partial charge is 0.382 e. The van der Waals surface area contributed by atoms with Gasteiger partial charge in [-0.05, 0) is 50.1 Å². The first-order valence-electron chi connectivity index (χ1n) is 8.62. The number of nitrogen functional groups attached to an aromatic ring is 1. The fourth-order valence-electron chi connectivity index (χ4n) is 2.96. The Bertz CT molecular complexity index is 924. The molecule has 3 rings (SSSR count). The first kappa shape index (κ1) is 18.6. The van der Waals surface area contributed by atoms with Crippen LogP contribution in [0.2, 0.25) is 0 Å². The highest BCUT2D eigenvalue weighted by atomic mass is 32.2. The zero-order valence-corrected chi connectivity index (χ0v) is 15.7. The van der Waals surface area contributed by atoms with Crippen LogP contribution in [0.1, 0.15) is 30.5 Å². The number of pyridine rings is 1. The summed E-state index contributed by atoms with van der Waals surface area (Å²) in [5, 5.41) is 0. The third kappa shape index (κ3) is 3.98. The molecule has 1 aromatic carbocycles. The van der Waals surface area contributed by atoms with Crippen molar-refractivity contribution in [2.75, 3.05) is 11.5 Å². The summed E-state index contributed by atoms with van der Waals surface area (Å²) >= 11 is 1.43. The Morgan fingerprint density at radius 2 is 1.96 bits per heavy atom. The summed E-state index contributed by atoms with van der Waals surface area (Å²) in [7, 11) is 0. The maximum Gasteiger partial charge on any atom is 0.151 e. The first-order valence-corrected chi connectivity index (χ1v) is 9.61. The van der Waals surface area contributed by atoms with Crippen LogP contribution in [0.4, 0.5) is 14.6 Å². The number of thioether (sulfide) groups is 1. The Labute approximate surface area is 155 Å². The lowest BCUT2D eigenvalue weighted by molar-refractivity contribution is 0.565. The number of unbranched alkanes of at least 4 members (excludes halogenated alkanes) is 2. The molecule has 138 valence electrons. The lowest BCUT2D eigenvalue weighted by atomic mass is 10.2. The number of anilines is 1. The van der Waals surface area contributed by atoms with Crippen molar-refractivity contribution < 1.29 is 8.78 Å². The molecule has 4 nitrogen and oxygen atoms in total. The highest BCUT2D eigenvalue weighted by Gasteiger charge is 2.12. The molecule has 0 fully saturated rings. The number of aryl methyl sites for hydroxylation is 3. The molecular weight excluding hydrogens is 354 g/mol. The summed E-state index contributed by atoms with van der Waals surface area (Å²) in [6.45, 7) is 4.85. The number of aromatic nitrogens is 3. The van der Waals surface area contributed by atoms with E-state index < -0.39 is 11.6 Å². The number of imidazole rings is 1. The van der Waals surface area contributed by atoms with Crippen molar-refractivity contribution in [1.82, 2.24) is 14.5 Å². The maximum atomic E-state index is 13.6. The van der Waals surface area contributed by atoms with Gasteiger partial charge in [-0.3, -0.25) is 0 Å². The van der Waals surface area contributed by atoms with Gasteiger partial charge < -0.3 is 10.3 Å². The minimum Gasteiger partial charge on any atom is -0.382 e. The molecule has 0 spiro atoms. The van der Waals surface area contributed by atoms with Crippen molar-refractivity contribution in [1.29, 1.82) is 0 Å². The quantitative estimate of drug-likeness (QED) is 0.472. The molecule has 0 amide bonds. The predicted octanol–water partition coefficient (Wildman–Crippen LogP) is 4.87. The normalized spacial score (nSPS) is 11.4. The molecule has 0 saturated carbocycles. The third-order valence-electron chi connectivity index (χ3n) is 4.46. The van der Waals surface area contributed by atoms with E-state index in [1.54, 1.807) is 0 Å². The predicted molar refractivity (Wildman–Crippen MR) is 102 cm³/mol. The summed E-state index contributed by atoms with van der Waals surface area (Å²) in [5.41, 5.74) is 9.81. The van der Waals surface area contributed by atoms with Crippen molar-refractivity contribution >= 4 is 28.6 Å². The molecule has 0 radical (unpaired) electrons. The molecule has 3 aromatic rings. The Kier molecular flexibility index (Phi) is 5.76. The van der Waals surface area contributed by atoms with Crippen molar-refractivity contribution in [3.63, 3.8) is 0 Å². The van der Waals surface area contributed by atoms with Gasteiger partial charge in [-0.15, -0.1) is 11.8 Å². The van der Waals surface area contributed by atoms with Crippen LogP contribution in [0.5, 0.6) is 0 Å². The molecular formula is C19H22F2N4S. The Morgan fingerprint density at radius 3 is 2.73 bits per heavy atom. The molecule has 26 heavy (non-hydrogen) atoms. The lowest BCUT2D eigenvalue weighted by Gasteiger charge is -2.09. The van der Waals surface area contributed by atoms with E-state index >= 15 is 0 Å². The number of halogens is 2. The number of nitrogens with zero attached hydrogens (tertiary/aromatic N) is 3. The Morgan fingerprint density at radius 1 is 1.15 bits per heavy atom. The van der Waals surface area contributed by atoms with Gasteiger partial charge in [-0.25, -0.2) is 18.7 Å². The van der Waals surface area contributed by atoms with Gasteiger partial charge in [0.15, 0.2) is 5.82 Å². The highest BCUT2D eigenvalue weighted by molar-refractivity contribution is 7.99. The second kappa shape index (κ2) is 8.03. The molecule has 2 N–H and O–H groups in total. The molecule has 2 aromatic heterocycles. The third-order valence-corrected chi connectivity index (χ3v) is 5.60. The zero-order valence-electron chi connectivity index (χ0n) is 14.9. The number of hydrogen-bond donors (Lipinski definition) is 1.